The van der Waals surface area contributed by atoms with Crippen molar-refractivity contribution in [3.63, 3.8) is 0 Å². The minimum absolute atomic E-state index is 0.211. The van der Waals surface area contributed by atoms with Crippen molar-refractivity contribution < 1.29 is 13.2 Å². The van der Waals surface area contributed by atoms with Crippen LogP contribution in [-0.2, 0) is 34.2 Å². The number of nitrogens with zero attached hydrogens (tertiary/aromatic N) is 2. The van der Waals surface area contributed by atoms with E-state index >= 15 is 0 Å². The van der Waals surface area contributed by atoms with Crippen molar-refractivity contribution in [1.29, 1.82) is 0 Å². The summed E-state index contributed by atoms with van der Waals surface area (Å²) in [6.45, 7) is 3.79. The lowest BCUT2D eigenvalue weighted by atomic mass is 10.0. The van der Waals surface area contributed by atoms with Crippen LogP contribution in [0.1, 0.15) is 48.3 Å². The van der Waals surface area contributed by atoms with Gasteiger partial charge in [-0.2, -0.15) is 9.40 Å². The monoisotopic (exact) mass is 361 g/mol. The highest BCUT2D eigenvalue weighted by Crippen LogP contribution is 2.38. The summed E-state index contributed by atoms with van der Waals surface area (Å²) in [5, 5.41) is 7.53. The quantitative estimate of drug-likeness (QED) is 0.908. The minimum atomic E-state index is -3.53. The Kier molecular flexibility index (Phi) is 4.39. The Bertz CT molecular complexity index is 858. The highest BCUT2D eigenvalue weighted by Gasteiger charge is 2.39. The van der Waals surface area contributed by atoms with E-state index in [-0.39, 0.29) is 6.04 Å². The number of fused-ring (bicyclic) bond motifs is 1. The average molecular weight is 361 g/mol. The maximum atomic E-state index is 13.2. The number of aryl methyl sites for hydroxylation is 1. The molecule has 1 saturated heterocycles. The van der Waals surface area contributed by atoms with E-state index in [1.54, 1.807) is 16.4 Å². The molecule has 1 unspecified atom stereocenters. The number of hydrogen-bond acceptors (Lipinski definition) is 4. The van der Waals surface area contributed by atoms with Crippen LogP contribution in [0.2, 0.25) is 0 Å². The van der Waals surface area contributed by atoms with E-state index < -0.39 is 10.0 Å². The zero-order valence-corrected chi connectivity index (χ0v) is 15.2. The zero-order valence-electron chi connectivity index (χ0n) is 14.4. The molecule has 0 spiro atoms. The number of ether oxygens (including phenoxy) is 1. The number of hydrogen-bond donors (Lipinski definition) is 1. The molecule has 0 amide bonds. The SMILES string of the molecule is CCc1ccc(S(=O)(=O)N2CCCC2c2n[nH]c3c2COCC3)cc1. The van der Waals surface area contributed by atoms with Crippen LogP contribution in [0.3, 0.4) is 0 Å². The van der Waals surface area contributed by atoms with Crippen LogP contribution in [0.15, 0.2) is 29.2 Å². The largest absolute Gasteiger partial charge is 0.376 e. The second kappa shape index (κ2) is 6.55. The normalized spacial score (nSPS) is 21.4. The van der Waals surface area contributed by atoms with E-state index in [1.807, 2.05) is 12.1 Å². The van der Waals surface area contributed by atoms with E-state index in [2.05, 4.69) is 17.1 Å². The molecule has 0 saturated carbocycles. The van der Waals surface area contributed by atoms with E-state index in [0.717, 1.165) is 48.2 Å². The topological polar surface area (TPSA) is 75.3 Å². The van der Waals surface area contributed by atoms with Crippen LogP contribution in [-0.4, -0.2) is 36.1 Å². The number of H-pyrrole nitrogens is 1. The molecular formula is C18H23N3O3S. The summed E-state index contributed by atoms with van der Waals surface area (Å²) >= 11 is 0. The van der Waals surface area contributed by atoms with Crippen LogP contribution < -0.4 is 0 Å². The van der Waals surface area contributed by atoms with Gasteiger partial charge < -0.3 is 4.74 Å². The van der Waals surface area contributed by atoms with Crippen LogP contribution in [0.25, 0.3) is 0 Å². The molecule has 3 heterocycles. The molecule has 0 bridgehead atoms. The minimum Gasteiger partial charge on any atom is -0.376 e. The lowest BCUT2D eigenvalue weighted by Gasteiger charge is -2.24. The van der Waals surface area contributed by atoms with Crippen molar-refractivity contribution >= 4 is 10.0 Å². The van der Waals surface area contributed by atoms with Gasteiger partial charge in [-0.25, -0.2) is 8.42 Å². The van der Waals surface area contributed by atoms with Crippen LogP contribution in [0, 0.1) is 0 Å². The summed E-state index contributed by atoms with van der Waals surface area (Å²) in [5.74, 6) is 0. The van der Waals surface area contributed by atoms with Gasteiger partial charge >= 0.3 is 0 Å². The highest BCUT2D eigenvalue weighted by molar-refractivity contribution is 7.89. The lowest BCUT2D eigenvalue weighted by Crippen LogP contribution is -2.31. The van der Waals surface area contributed by atoms with Gasteiger partial charge in [0, 0.05) is 24.2 Å². The summed E-state index contributed by atoms with van der Waals surface area (Å²) in [7, 11) is -3.53. The van der Waals surface area contributed by atoms with Gasteiger partial charge in [0.2, 0.25) is 10.0 Å². The van der Waals surface area contributed by atoms with E-state index in [9.17, 15) is 8.42 Å². The van der Waals surface area contributed by atoms with E-state index in [0.29, 0.717) is 24.7 Å². The van der Waals surface area contributed by atoms with Gasteiger partial charge in [-0.3, -0.25) is 5.10 Å². The Hall–Kier alpha value is -1.70. The van der Waals surface area contributed by atoms with E-state index in [4.69, 9.17) is 4.74 Å². The highest BCUT2D eigenvalue weighted by atomic mass is 32.2. The average Bonchev–Trinajstić information content (AvgIpc) is 3.28. The van der Waals surface area contributed by atoms with Crippen LogP contribution in [0.5, 0.6) is 0 Å². The number of rotatable bonds is 4. The molecule has 2 aromatic rings. The standard InChI is InChI=1S/C18H23N3O3S/c1-2-13-5-7-14(8-6-13)25(22,23)21-10-3-4-17(21)18-15-12-24-11-9-16(15)19-20-18/h5-8,17H,2-4,9-12H2,1H3,(H,19,20). The van der Waals surface area contributed by atoms with Crippen molar-refractivity contribution in [3.8, 4) is 0 Å². The van der Waals surface area contributed by atoms with Gasteiger partial charge in [-0.15, -0.1) is 0 Å². The Morgan fingerprint density at radius 2 is 2.12 bits per heavy atom. The predicted octanol–water partition coefficient (Wildman–Crippen LogP) is 2.57. The molecule has 0 radical (unpaired) electrons. The number of benzene rings is 1. The number of aromatic amines is 1. The molecule has 0 aliphatic carbocycles. The smallest absolute Gasteiger partial charge is 0.243 e. The molecule has 2 aliphatic rings. The maximum Gasteiger partial charge on any atom is 0.243 e. The molecule has 25 heavy (non-hydrogen) atoms. The Morgan fingerprint density at radius 1 is 1.32 bits per heavy atom. The molecule has 4 rings (SSSR count). The second-order valence-corrected chi connectivity index (χ2v) is 8.53. The van der Waals surface area contributed by atoms with Crippen molar-refractivity contribution in [2.75, 3.05) is 13.2 Å². The second-order valence-electron chi connectivity index (χ2n) is 6.64. The molecule has 1 fully saturated rings. The van der Waals surface area contributed by atoms with Gasteiger partial charge in [-0.1, -0.05) is 19.1 Å². The summed E-state index contributed by atoms with van der Waals surface area (Å²) < 4.78 is 33.5. The molecular weight excluding hydrogens is 338 g/mol. The van der Waals surface area contributed by atoms with Crippen LogP contribution in [0.4, 0.5) is 0 Å². The molecule has 7 heteroatoms. The fourth-order valence-corrected chi connectivity index (χ4v) is 5.40. The Morgan fingerprint density at radius 3 is 2.88 bits per heavy atom. The van der Waals surface area contributed by atoms with Crippen molar-refractivity contribution in [2.45, 2.75) is 50.2 Å². The van der Waals surface area contributed by atoms with Gasteiger partial charge in [0.15, 0.2) is 0 Å². The summed E-state index contributed by atoms with van der Waals surface area (Å²) in [5.41, 5.74) is 4.09. The Balaban J connectivity index is 1.67. The third-order valence-electron chi connectivity index (χ3n) is 5.19. The first-order chi connectivity index (χ1) is 12.1. The first kappa shape index (κ1) is 16.8. The maximum absolute atomic E-state index is 13.2. The zero-order chi connectivity index (χ0) is 17.4. The van der Waals surface area contributed by atoms with Gasteiger partial charge in [0.05, 0.1) is 29.8 Å². The molecule has 1 aromatic carbocycles. The third-order valence-corrected chi connectivity index (χ3v) is 7.11. The first-order valence-corrected chi connectivity index (χ1v) is 10.3. The lowest BCUT2D eigenvalue weighted by molar-refractivity contribution is 0.109. The van der Waals surface area contributed by atoms with E-state index in [1.165, 1.54) is 0 Å². The Labute approximate surface area is 148 Å². The molecule has 1 aromatic heterocycles. The number of aromatic nitrogens is 2. The molecule has 134 valence electrons. The summed E-state index contributed by atoms with van der Waals surface area (Å²) in [6, 6.07) is 7.00. The molecule has 1 N–H and O–H groups in total. The fourth-order valence-electron chi connectivity index (χ4n) is 3.74. The van der Waals surface area contributed by atoms with Crippen LogP contribution >= 0.6 is 0 Å². The third kappa shape index (κ3) is 2.90. The summed E-state index contributed by atoms with van der Waals surface area (Å²) in [6.07, 6.45) is 3.34. The predicted molar refractivity (Wildman–Crippen MR) is 93.6 cm³/mol. The van der Waals surface area contributed by atoms with Gasteiger partial charge in [0.1, 0.15) is 0 Å². The first-order valence-electron chi connectivity index (χ1n) is 8.86. The van der Waals surface area contributed by atoms with Gasteiger partial charge in [0.25, 0.3) is 0 Å². The van der Waals surface area contributed by atoms with Crippen molar-refractivity contribution in [2.24, 2.45) is 0 Å². The van der Waals surface area contributed by atoms with Gasteiger partial charge in [-0.05, 0) is 37.0 Å². The molecule has 2 aliphatic heterocycles. The fraction of sp³-hybridized carbons (Fsp3) is 0.500. The molecule has 6 nitrogen and oxygen atoms in total. The summed E-state index contributed by atoms with van der Waals surface area (Å²) in [4.78, 5) is 0.359. The molecule has 1 atom stereocenters. The number of sulfonamides is 1. The van der Waals surface area contributed by atoms with Crippen molar-refractivity contribution in [1.82, 2.24) is 14.5 Å². The number of nitrogens with one attached hydrogen (secondary N) is 1. The van der Waals surface area contributed by atoms with Crippen molar-refractivity contribution in [3.05, 3.63) is 46.8 Å².